The SMILES string of the molecule is Cc1cccc(C)c1NCCC1OCCO1. The van der Waals surface area contributed by atoms with Crippen molar-refractivity contribution in [2.75, 3.05) is 25.1 Å². The highest BCUT2D eigenvalue weighted by Gasteiger charge is 2.15. The molecular weight excluding hydrogens is 202 g/mol. The van der Waals surface area contributed by atoms with Crippen molar-refractivity contribution in [2.24, 2.45) is 0 Å². The third-order valence-corrected chi connectivity index (χ3v) is 2.85. The lowest BCUT2D eigenvalue weighted by molar-refractivity contribution is -0.0439. The maximum absolute atomic E-state index is 5.39. The second-order valence-corrected chi connectivity index (χ2v) is 4.15. The van der Waals surface area contributed by atoms with Crippen molar-refractivity contribution in [1.29, 1.82) is 0 Å². The number of rotatable bonds is 4. The first-order valence-corrected chi connectivity index (χ1v) is 5.80. The lowest BCUT2D eigenvalue weighted by Crippen LogP contribution is -2.15. The molecule has 3 nitrogen and oxygen atoms in total. The highest BCUT2D eigenvalue weighted by Crippen LogP contribution is 2.19. The topological polar surface area (TPSA) is 30.5 Å². The summed E-state index contributed by atoms with van der Waals surface area (Å²) in [6.07, 6.45) is 0.880. The van der Waals surface area contributed by atoms with E-state index in [1.807, 2.05) is 0 Å². The van der Waals surface area contributed by atoms with Crippen molar-refractivity contribution >= 4 is 5.69 Å². The van der Waals surface area contributed by atoms with Gasteiger partial charge < -0.3 is 14.8 Å². The molecule has 0 bridgehead atoms. The minimum Gasteiger partial charge on any atom is -0.384 e. The van der Waals surface area contributed by atoms with Gasteiger partial charge in [-0.05, 0) is 25.0 Å². The summed E-state index contributed by atoms with van der Waals surface area (Å²) in [7, 11) is 0. The number of para-hydroxylation sites is 1. The lowest BCUT2D eigenvalue weighted by Gasteiger charge is -2.14. The van der Waals surface area contributed by atoms with Crippen molar-refractivity contribution in [2.45, 2.75) is 26.6 Å². The van der Waals surface area contributed by atoms with Crippen LogP contribution in [0.5, 0.6) is 0 Å². The maximum Gasteiger partial charge on any atom is 0.159 e. The monoisotopic (exact) mass is 221 g/mol. The Morgan fingerprint density at radius 1 is 1.19 bits per heavy atom. The van der Waals surface area contributed by atoms with Gasteiger partial charge in [0.25, 0.3) is 0 Å². The van der Waals surface area contributed by atoms with Gasteiger partial charge in [-0.2, -0.15) is 0 Å². The van der Waals surface area contributed by atoms with Crippen LogP contribution in [-0.4, -0.2) is 26.0 Å². The second kappa shape index (κ2) is 5.32. The van der Waals surface area contributed by atoms with Crippen LogP contribution in [0.1, 0.15) is 17.5 Å². The largest absolute Gasteiger partial charge is 0.384 e. The Morgan fingerprint density at radius 2 is 1.81 bits per heavy atom. The Morgan fingerprint density at radius 3 is 2.44 bits per heavy atom. The Labute approximate surface area is 96.8 Å². The zero-order valence-corrected chi connectivity index (χ0v) is 9.95. The molecule has 0 radical (unpaired) electrons. The molecule has 0 spiro atoms. The molecule has 0 amide bonds. The Hall–Kier alpha value is -1.06. The molecule has 1 fully saturated rings. The fraction of sp³-hybridized carbons (Fsp3) is 0.538. The van der Waals surface area contributed by atoms with Crippen molar-refractivity contribution < 1.29 is 9.47 Å². The molecule has 0 aromatic heterocycles. The molecule has 0 saturated carbocycles. The predicted octanol–water partition coefficient (Wildman–Crippen LogP) is 2.48. The van der Waals surface area contributed by atoms with Crippen LogP contribution in [0.15, 0.2) is 18.2 Å². The maximum atomic E-state index is 5.39. The minimum absolute atomic E-state index is 0.0168. The summed E-state index contributed by atoms with van der Waals surface area (Å²) in [6, 6.07) is 6.33. The van der Waals surface area contributed by atoms with E-state index in [1.165, 1.54) is 16.8 Å². The first-order chi connectivity index (χ1) is 7.77. The standard InChI is InChI=1S/C13H19NO2/c1-10-4-3-5-11(2)13(10)14-7-6-12-15-8-9-16-12/h3-5,12,14H,6-9H2,1-2H3. The van der Waals surface area contributed by atoms with Crippen LogP contribution in [0.25, 0.3) is 0 Å². The third kappa shape index (κ3) is 2.74. The van der Waals surface area contributed by atoms with Crippen LogP contribution in [0.4, 0.5) is 5.69 Å². The number of hydrogen-bond donors (Lipinski definition) is 1. The lowest BCUT2D eigenvalue weighted by atomic mass is 10.1. The van der Waals surface area contributed by atoms with Gasteiger partial charge in [0.2, 0.25) is 0 Å². The average Bonchev–Trinajstić information content (AvgIpc) is 2.75. The molecule has 0 aliphatic carbocycles. The van der Waals surface area contributed by atoms with E-state index in [2.05, 4.69) is 37.4 Å². The van der Waals surface area contributed by atoms with Gasteiger partial charge >= 0.3 is 0 Å². The zero-order chi connectivity index (χ0) is 11.4. The van der Waals surface area contributed by atoms with Gasteiger partial charge in [-0.25, -0.2) is 0 Å². The molecule has 2 rings (SSSR count). The van der Waals surface area contributed by atoms with Crippen LogP contribution in [-0.2, 0) is 9.47 Å². The Bertz CT molecular complexity index is 326. The van der Waals surface area contributed by atoms with Crippen molar-refractivity contribution in [3.05, 3.63) is 29.3 Å². The molecule has 1 aliphatic heterocycles. The van der Waals surface area contributed by atoms with Crippen molar-refractivity contribution in [1.82, 2.24) is 0 Å². The number of ether oxygens (including phenoxy) is 2. The van der Waals surface area contributed by atoms with Crippen LogP contribution >= 0.6 is 0 Å². The van der Waals surface area contributed by atoms with E-state index in [0.717, 1.165) is 26.2 Å². The Kier molecular flexibility index (Phi) is 3.80. The normalized spacial score (nSPS) is 16.6. The number of hydrogen-bond acceptors (Lipinski definition) is 3. The zero-order valence-electron chi connectivity index (χ0n) is 9.95. The number of aryl methyl sites for hydroxylation is 2. The molecule has 1 aromatic rings. The van der Waals surface area contributed by atoms with Crippen molar-refractivity contribution in [3.63, 3.8) is 0 Å². The van der Waals surface area contributed by atoms with Gasteiger partial charge in [-0.15, -0.1) is 0 Å². The van der Waals surface area contributed by atoms with E-state index in [1.54, 1.807) is 0 Å². The summed E-state index contributed by atoms with van der Waals surface area (Å²) in [5.41, 5.74) is 3.81. The second-order valence-electron chi connectivity index (χ2n) is 4.15. The van der Waals surface area contributed by atoms with Gasteiger partial charge in [-0.1, -0.05) is 18.2 Å². The first-order valence-electron chi connectivity index (χ1n) is 5.80. The summed E-state index contributed by atoms with van der Waals surface area (Å²) < 4.78 is 10.8. The molecule has 1 aromatic carbocycles. The molecule has 0 unspecified atom stereocenters. The molecule has 1 heterocycles. The summed E-state index contributed by atoms with van der Waals surface area (Å²) in [5.74, 6) is 0. The summed E-state index contributed by atoms with van der Waals surface area (Å²) >= 11 is 0. The molecule has 1 saturated heterocycles. The molecule has 16 heavy (non-hydrogen) atoms. The van der Waals surface area contributed by atoms with Gasteiger partial charge in [0.15, 0.2) is 6.29 Å². The number of benzene rings is 1. The fourth-order valence-electron chi connectivity index (χ4n) is 1.98. The predicted molar refractivity (Wildman–Crippen MR) is 64.7 cm³/mol. The van der Waals surface area contributed by atoms with E-state index in [-0.39, 0.29) is 6.29 Å². The quantitative estimate of drug-likeness (QED) is 0.847. The van der Waals surface area contributed by atoms with Crippen LogP contribution in [0, 0.1) is 13.8 Å². The highest BCUT2D eigenvalue weighted by molar-refractivity contribution is 5.56. The number of anilines is 1. The minimum atomic E-state index is -0.0168. The molecule has 88 valence electrons. The smallest absolute Gasteiger partial charge is 0.159 e. The van der Waals surface area contributed by atoms with Gasteiger partial charge in [-0.3, -0.25) is 0 Å². The van der Waals surface area contributed by atoms with E-state index < -0.39 is 0 Å². The average molecular weight is 221 g/mol. The van der Waals surface area contributed by atoms with E-state index in [0.29, 0.717) is 0 Å². The van der Waals surface area contributed by atoms with Crippen LogP contribution in [0.3, 0.4) is 0 Å². The Balaban J connectivity index is 1.84. The summed E-state index contributed by atoms with van der Waals surface area (Å²) in [6.45, 7) is 6.59. The molecule has 3 heteroatoms. The molecule has 1 aliphatic rings. The third-order valence-electron chi connectivity index (χ3n) is 2.85. The fourth-order valence-corrected chi connectivity index (χ4v) is 1.98. The molecule has 0 atom stereocenters. The van der Waals surface area contributed by atoms with E-state index in [9.17, 15) is 0 Å². The van der Waals surface area contributed by atoms with Crippen molar-refractivity contribution in [3.8, 4) is 0 Å². The van der Waals surface area contributed by atoms with Crippen LogP contribution in [0.2, 0.25) is 0 Å². The summed E-state index contributed by atoms with van der Waals surface area (Å²) in [4.78, 5) is 0. The van der Waals surface area contributed by atoms with E-state index >= 15 is 0 Å². The van der Waals surface area contributed by atoms with Gasteiger partial charge in [0, 0.05) is 18.7 Å². The molecule has 1 N–H and O–H groups in total. The summed E-state index contributed by atoms with van der Waals surface area (Å²) in [5, 5.41) is 3.45. The van der Waals surface area contributed by atoms with Gasteiger partial charge in [0.05, 0.1) is 13.2 Å². The number of nitrogens with one attached hydrogen (secondary N) is 1. The highest BCUT2D eigenvalue weighted by atomic mass is 16.7. The van der Waals surface area contributed by atoms with Crippen LogP contribution < -0.4 is 5.32 Å². The van der Waals surface area contributed by atoms with Gasteiger partial charge in [0.1, 0.15) is 0 Å². The molecular formula is C13H19NO2. The first kappa shape index (κ1) is 11.4. The van der Waals surface area contributed by atoms with E-state index in [4.69, 9.17) is 9.47 Å².